The molecule has 0 unspecified atom stereocenters. The highest BCUT2D eigenvalue weighted by atomic mass is 127. The molecule has 0 spiro atoms. The van der Waals surface area contributed by atoms with Crippen LogP contribution in [0, 0.1) is 30.4 Å². The molecular weight excluding hydrogens is 451 g/mol. The van der Waals surface area contributed by atoms with E-state index in [4.69, 9.17) is 9.84 Å². The van der Waals surface area contributed by atoms with Crippen molar-refractivity contribution in [3.8, 4) is 17.2 Å². The van der Waals surface area contributed by atoms with Gasteiger partial charge in [-0.1, -0.05) is 18.2 Å². The minimum Gasteiger partial charge on any atom is -0.503 e. The van der Waals surface area contributed by atoms with Crippen LogP contribution in [0.5, 0.6) is 17.2 Å². The standard InChI is InChI=1S/C18H9F4IO2/c19-13-15(21)18(16(22)14(20)17(13)24)25-12-8-6-11(7-9-12)23-10-4-2-1-3-5-10/h1-9H/p+1. The van der Waals surface area contributed by atoms with Crippen LogP contribution < -0.4 is 25.9 Å². The lowest BCUT2D eigenvalue weighted by Gasteiger charge is -2.10. The third-order valence-electron chi connectivity index (χ3n) is 3.18. The van der Waals surface area contributed by atoms with E-state index in [-0.39, 0.29) is 5.75 Å². The van der Waals surface area contributed by atoms with E-state index in [2.05, 4.69) is 0 Å². The molecule has 0 aromatic heterocycles. The number of rotatable bonds is 4. The maximum Gasteiger partial charge on any atom is 0.357 e. The highest BCUT2D eigenvalue weighted by Crippen LogP contribution is 2.35. The molecule has 3 aromatic rings. The average molecular weight is 461 g/mol. The Kier molecular flexibility index (Phi) is 5.12. The summed E-state index contributed by atoms with van der Waals surface area (Å²) in [6.07, 6.45) is 0. The fourth-order valence-electron chi connectivity index (χ4n) is 1.98. The number of halogens is 5. The summed E-state index contributed by atoms with van der Waals surface area (Å²) in [5.41, 5.74) is 0. The van der Waals surface area contributed by atoms with Gasteiger partial charge in [0.25, 0.3) is 0 Å². The smallest absolute Gasteiger partial charge is 0.357 e. The SMILES string of the molecule is Oc1c(F)c(F)c(Oc2ccc([I+]c3ccccc3)cc2)c(F)c1F. The normalized spacial score (nSPS) is 10.7. The molecule has 1 N–H and O–H groups in total. The van der Waals surface area contributed by atoms with Crippen LogP contribution in [0.1, 0.15) is 0 Å². The van der Waals surface area contributed by atoms with Crippen molar-refractivity contribution in [2.45, 2.75) is 0 Å². The number of phenolic OH excluding ortho intramolecular Hbond substituents is 1. The average Bonchev–Trinajstić information content (AvgIpc) is 2.64. The first kappa shape index (κ1) is 17.5. The molecule has 0 heterocycles. The number of phenols is 1. The van der Waals surface area contributed by atoms with Crippen molar-refractivity contribution >= 4 is 0 Å². The fraction of sp³-hybridized carbons (Fsp3) is 0. The van der Waals surface area contributed by atoms with E-state index >= 15 is 0 Å². The van der Waals surface area contributed by atoms with E-state index in [0.29, 0.717) is 0 Å². The molecule has 3 aromatic carbocycles. The van der Waals surface area contributed by atoms with Gasteiger partial charge in [-0.05, 0) is 36.4 Å². The summed E-state index contributed by atoms with van der Waals surface area (Å²) >= 11 is -0.429. The van der Waals surface area contributed by atoms with Crippen molar-refractivity contribution in [2.24, 2.45) is 0 Å². The Morgan fingerprint density at radius 1 is 0.680 bits per heavy atom. The van der Waals surface area contributed by atoms with Crippen molar-refractivity contribution in [3.63, 3.8) is 0 Å². The molecule has 0 saturated heterocycles. The first-order valence-corrected chi connectivity index (χ1v) is 9.16. The minimum atomic E-state index is -1.90. The lowest BCUT2D eigenvalue weighted by Crippen LogP contribution is -3.61. The number of aromatic hydroxyl groups is 1. The summed E-state index contributed by atoms with van der Waals surface area (Å²) < 4.78 is 61.2. The molecule has 0 bridgehead atoms. The van der Waals surface area contributed by atoms with Gasteiger partial charge in [0.15, 0.2) is 12.9 Å². The maximum absolute atomic E-state index is 13.7. The molecular formula is C18H10F4IO2+. The molecule has 0 aliphatic carbocycles. The van der Waals surface area contributed by atoms with Crippen LogP contribution in [0.25, 0.3) is 0 Å². The van der Waals surface area contributed by atoms with Gasteiger partial charge in [0, 0.05) is 0 Å². The van der Waals surface area contributed by atoms with E-state index in [1.165, 1.54) is 15.7 Å². The molecule has 7 heteroatoms. The second-order valence-electron chi connectivity index (χ2n) is 4.88. The fourth-order valence-corrected chi connectivity index (χ4v) is 4.19. The molecule has 0 fully saturated rings. The van der Waals surface area contributed by atoms with Gasteiger partial charge in [0.05, 0.1) is 0 Å². The van der Waals surface area contributed by atoms with Gasteiger partial charge in [-0.2, -0.15) is 17.6 Å². The summed E-state index contributed by atoms with van der Waals surface area (Å²) in [5.74, 6) is -10.3. The Morgan fingerprint density at radius 3 is 1.76 bits per heavy atom. The predicted molar refractivity (Wildman–Crippen MR) is 78.3 cm³/mol. The molecule has 0 radical (unpaired) electrons. The van der Waals surface area contributed by atoms with Gasteiger partial charge >= 0.3 is 21.2 Å². The zero-order valence-corrected chi connectivity index (χ0v) is 14.6. The third-order valence-corrected chi connectivity index (χ3v) is 5.87. The number of hydrogen-bond acceptors (Lipinski definition) is 2. The predicted octanol–water partition coefficient (Wildman–Crippen LogP) is 1.87. The second kappa shape index (κ2) is 7.30. The van der Waals surface area contributed by atoms with Crippen LogP contribution in [-0.2, 0) is 0 Å². The van der Waals surface area contributed by atoms with E-state index in [0.717, 1.165) is 3.57 Å². The van der Waals surface area contributed by atoms with Gasteiger partial charge in [0.1, 0.15) is 5.75 Å². The summed E-state index contributed by atoms with van der Waals surface area (Å²) in [4.78, 5) is 0. The van der Waals surface area contributed by atoms with E-state index in [9.17, 15) is 17.6 Å². The van der Waals surface area contributed by atoms with E-state index in [1.54, 1.807) is 12.1 Å². The topological polar surface area (TPSA) is 29.5 Å². The van der Waals surface area contributed by atoms with E-state index in [1.807, 2.05) is 30.3 Å². The first-order chi connectivity index (χ1) is 12.0. The van der Waals surface area contributed by atoms with Crippen molar-refractivity contribution in [1.29, 1.82) is 0 Å². The van der Waals surface area contributed by atoms with Crippen LogP contribution in [-0.4, -0.2) is 5.11 Å². The Bertz CT molecular complexity index is 870. The Hall–Kier alpha value is -2.29. The minimum absolute atomic E-state index is 0.0168. The van der Waals surface area contributed by atoms with Gasteiger partial charge < -0.3 is 9.84 Å². The van der Waals surface area contributed by atoms with Crippen molar-refractivity contribution < 1.29 is 48.6 Å². The molecule has 0 amide bonds. The largest absolute Gasteiger partial charge is 0.503 e. The van der Waals surface area contributed by atoms with Crippen LogP contribution in [0.15, 0.2) is 54.6 Å². The van der Waals surface area contributed by atoms with Crippen molar-refractivity contribution in [2.75, 3.05) is 0 Å². The summed E-state index contributed by atoms with van der Waals surface area (Å²) in [6.45, 7) is 0. The third kappa shape index (κ3) is 3.71. The molecule has 128 valence electrons. The molecule has 25 heavy (non-hydrogen) atoms. The second-order valence-corrected chi connectivity index (χ2v) is 7.91. The Balaban J connectivity index is 1.83. The number of ether oxygens (including phenoxy) is 1. The Labute approximate surface area is 151 Å². The van der Waals surface area contributed by atoms with Gasteiger partial charge in [-0.3, -0.25) is 0 Å². The molecule has 2 nitrogen and oxygen atoms in total. The Morgan fingerprint density at radius 2 is 1.20 bits per heavy atom. The molecule has 0 aliphatic heterocycles. The van der Waals surface area contributed by atoms with Crippen molar-refractivity contribution in [3.05, 3.63) is 85.0 Å². The lowest BCUT2D eigenvalue weighted by atomic mass is 10.2. The maximum atomic E-state index is 13.7. The molecule has 3 rings (SSSR count). The zero-order valence-electron chi connectivity index (χ0n) is 12.4. The van der Waals surface area contributed by atoms with Crippen LogP contribution in [0.3, 0.4) is 0 Å². The molecule has 0 aliphatic rings. The van der Waals surface area contributed by atoms with Gasteiger partial charge in [0.2, 0.25) is 29.0 Å². The van der Waals surface area contributed by atoms with E-state index < -0.39 is 56.0 Å². The highest BCUT2D eigenvalue weighted by Gasteiger charge is 2.27. The highest BCUT2D eigenvalue weighted by molar-refractivity contribution is 5.40. The quantitative estimate of drug-likeness (QED) is 0.366. The van der Waals surface area contributed by atoms with Gasteiger partial charge in [-0.25, -0.2) is 0 Å². The zero-order chi connectivity index (χ0) is 18.0. The monoisotopic (exact) mass is 461 g/mol. The molecule has 0 saturated carbocycles. The number of hydrogen-bond donors (Lipinski definition) is 1. The molecule has 0 atom stereocenters. The van der Waals surface area contributed by atoms with Crippen LogP contribution >= 0.6 is 0 Å². The summed E-state index contributed by atoms with van der Waals surface area (Å²) in [7, 11) is 0. The summed E-state index contributed by atoms with van der Waals surface area (Å²) in [6, 6.07) is 16.2. The van der Waals surface area contributed by atoms with Crippen LogP contribution in [0.4, 0.5) is 17.6 Å². The number of benzene rings is 3. The first-order valence-electron chi connectivity index (χ1n) is 7.00. The van der Waals surface area contributed by atoms with Crippen LogP contribution in [0.2, 0.25) is 0 Å². The van der Waals surface area contributed by atoms with Crippen molar-refractivity contribution in [1.82, 2.24) is 0 Å². The lowest BCUT2D eigenvalue weighted by molar-refractivity contribution is -0.597. The van der Waals surface area contributed by atoms with Gasteiger partial charge in [-0.15, -0.1) is 0 Å². The summed E-state index contributed by atoms with van der Waals surface area (Å²) in [5, 5.41) is 8.95.